The number of nitrogens with one attached hydrogen (secondary N) is 1. The summed E-state index contributed by atoms with van der Waals surface area (Å²) in [5.74, 6) is 1.47. The third-order valence-electron chi connectivity index (χ3n) is 3.67. The van der Waals surface area contributed by atoms with Crippen LogP contribution in [0, 0.1) is 18.8 Å². The van der Waals surface area contributed by atoms with Crippen molar-refractivity contribution >= 4 is 0 Å². The fourth-order valence-corrected chi connectivity index (χ4v) is 2.09. The summed E-state index contributed by atoms with van der Waals surface area (Å²) < 4.78 is 0. The standard InChI is InChI=1S/C16H27N/c1-5-10-17-12-15(4)14(3)11-16-9-7-6-8-13(16)2/h6-9,14-15,17H,5,10-12H2,1-4H3. The van der Waals surface area contributed by atoms with E-state index in [1.54, 1.807) is 0 Å². The highest BCUT2D eigenvalue weighted by molar-refractivity contribution is 5.25. The normalized spacial score (nSPS) is 14.6. The third-order valence-corrected chi connectivity index (χ3v) is 3.67. The van der Waals surface area contributed by atoms with Gasteiger partial charge in [0.25, 0.3) is 0 Å². The number of benzene rings is 1. The van der Waals surface area contributed by atoms with Crippen LogP contribution in [0.1, 0.15) is 38.3 Å². The second kappa shape index (κ2) is 7.50. The molecule has 1 nitrogen and oxygen atoms in total. The van der Waals surface area contributed by atoms with Crippen molar-refractivity contribution in [2.24, 2.45) is 11.8 Å². The molecule has 1 rings (SSSR count). The van der Waals surface area contributed by atoms with Crippen LogP contribution >= 0.6 is 0 Å². The van der Waals surface area contributed by atoms with E-state index in [0.717, 1.165) is 24.9 Å². The largest absolute Gasteiger partial charge is 0.316 e. The molecular formula is C16H27N. The molecule has 0 aliphatic carbocycles. The van der Waals surface area contributed by atoms with Crippen molar-refractivity contribution in [3.8, 4) is 0 Å². The average molecular weight is 233 g/mol. The first-order chi connectivity index (χ1) is 8.15. The van der Waals surface area contributed by atoms with E-state index in [1.165, 1.54) is 24.0 Å². The van der Waals surface area contributed by atoms with Crippen LogP contribution in [0.2, 0.25) is 0 Å². The number of aryl methyl sites for hydroxylation is 1. The maximum absolute atomic E-state index is 3.52. The molecule has 17 heavy (non-hydrogen) atoms. The summed E-state index contributed by atoms with van der Waals surface area (Å²) in [6.45, 7) is 11.4. The minimum atomic E-state index is 0.737. The zero-order valence-electron chi connectivity index (χ0n) is 11.8. The van der Waals surface area contributed by atoms with Crippen molar-refractivity contribution in [3.63, 3.8) is 0 Å². The molecule has 0 saturated carbocycles. The number of hydrogen-bond acceptors (Lipinski definition) is 1. The molecule has 0 aliphatic rings. The van der Waals surface area contributed by atoms with E-state index in [9.17, 15) is 0 Å². The fourth-order valence-electron chi connectivity index (χ4n) is 2.09. The van der Waals surface area contributed by atoms with Gasteiger partial charge in [-0.1, -0.05) is 45.0 Å². The van der Waals surface area contributed by atoms with Gasteiger partial charge in [0.15, 0.2) is 0 Å². The summed E-state index contributed by atoms with van der Waals surface area (Å²) in [5.41, 5.74) is 2.93. The first kappa shape index (κ1) is 14.2. The number of hydrogen-bond donors (Lipinski definition) is 1. The Labute approximate surface area is 107 Å². The molecule has 2 unspecified atom stereocenters. The summed E-state index contributed by atoms with van der Waals surface area (Å²) in [5, 5.41) is 3.52. The van der Waals surface area contributed by atoms with Gasteiger partial charge in [0.1, 0.15) is 0 Å². The zero-order chi connectivity index (χ0) is 12.7. The first-order valence-electron chi connectivity index (χ1n) is 6.90. The molecule has 0 spiro atoms. The molecule has 0 saturated heterocycles. The highest BCUT2D eigenvalue weighted by Gasteiger charge is 2.13. The summed E-state index contributed by atoms with van der Waals surface area (Å²) in [6.07, 6.45) is 2.42. The van der Waals surface area contributed by atoms with E-state index in [1.807, 2.05) is 0 Å². The molecule has 0 radical (unpaired) electrons. The quantitative estimate of drug-likeness (QED) is 0.706. The van der Waals surface area contributed by atoms with Gasteiger partial charge in [0.05, 0.1) is 0 Å². The van der Waals surface area contributed by atoms with Crippen molar-refractivity contribution in [2.45, 2.75) is 40.5 Å². The molecule has 2 atom stereocenters. The molecule has 0 amide bonds. The SMILES string of the molecule is CCCNCC(C)C(C)Cc1ccccc1C. The van der Waals surface area contributed by atoms with Crippen LogP contribution < -0.4 is 5.32 Å². The van der Waals surface area contributed by atoms with Gasteiger partial charge in [-0.3, -0.25) is 0 Å². The van der Waals surface area contributed by atoms with Gasteiger partial charge in [-0.2, -0.15) is 0 Å². The molecule has 0 aromatic heterocycles. The molecule has 0 heterocycles. The Bertz CT molecular complexity index is 319. The van der Waals surface area contributed by atoms with Gasteiger partial charge in [-0.25, -0.2) is 0 Å². The molecule has 0 aliphatic heterocycles. The summed E-state index contributed by atoms with van der Waals surface area (Å²) in [4.78, 5) is 0. The van der Waals surface area contributed by atoms with E-state index in [4.69, 9.17) is 0 Å². The van der Waals surface area contributed by atoms with Gasteiger partial charge in [0.2, 0.25) is 0 Å². The lowest BCUT2D eigenvalue weighted by atomic mass is 9.88. The van der Waals surface area contributed by atoms with E-state index >= 15 is 0 Å². The lowest BCUT2D eigenvalue weighted by Crippen LogP contribution is -2.26. The Morgan fingerprint density at radius 3 is 2.47 bits per heavy atom. The second-order valence-electron chi connectivity index (χ2n) is 5.29. The maximum atomic E-state index is 3.52. The highest BCUT2D eigenvalue weighted by atomic mass is 14.8. The van der Waals surface area contributed by atoms with Crippen LogP contribution in [0.15, 0.2) is 24.3 Å². The van der Waals surface area contributed by atoms with Crippen LogP contribution in [0.4, 0.5) is 0 Å². The molecule has 1 aromatic rings. The van der Waals surface area contributed by atoms with Crippen molar-refractivity contribution in [2.75, 3.05) is 13.1 Å². The molecule has 1 aromatic carbocycles. The fraction of sp³-hybridized carbons (Fsp3) is 0.625. The Morgan fingerprint density at radius 2 is 1.82 bits per heavy atom. The highest BCUT2D eigenvalue weighted by Crippen LogP contribution is 2.18. The molecule has 0 fully saturated rings. The average Bonchev–Trinajstić information content (AvgIpc) is 2.32. The van der Waals surface area contributed by atoms with Crippen molar-refractivity contribution in [1.82, 2.24) is 5.32 Å². The Kier molecular flexibility index (Phi) is 6.28. The second-order valence-corrected chi connectivity index (χ2v) is 5.29. The Balaban J connectivity index is 2.43. The monoisotopic (exact) mass is 233 g/mol. The van der Waals surface area contributed by atoms with Crippen LogP contribution in [-0.2, 0) is 6.42 Å². The summed E-state index contributed by atoms with van der Waals surface area (Å²) in [6, 6.07) is 8.74. The Morgan fingerprint density at radius 1 is 1.12 bits per heavy atom. The lowest BCUT2D eigenvalue weighted by molar-refractivity contribution is 0.365. The smallest absolute Gasteiger partial charge is 0.00205 e. The van der Waals surface area contributed by atoms with Crippen LogP contribution in [0.25, 0.3) is 0 Å². The molecule has 1 heteroatoms. The van der Waals surface area contributed by atoms with Gasteiger partial charge >= 0.3 is 0 Å². The molecule has 96 valence electrons. The van der Waals surface area contributed by atoms with E-state index < -0.39 is 0 Å². The van der Waals surface area contributed by atoms with Gasteiger partial charge in [-0.15, -0.1) is 0 Å². The minimum absolute atomic E-state index is 0.737. The lowest BCUT2D eigenvalue weighted by Gasteiger charge is -2.21. The van der Waals surface area contributed by atoms with E-state index in [0.29, 0.717) is 0 Å². The van der Waals surface area contributed by atoms with Crippen molar-refractivity contribution < 1.29 is 0 Å². The zero-order valence-corrected chi connectivity index (χ0v) is 11.8. The van der Waals surface area contributed by atoms with Crippen LogP contribution in [0.3, 0.4) is 0 Å². The Hall–Kier alpha value is -0.820. The minimum Gasteiger partial charge on any atom is -0.316 e. The first-order valence-corrected chi connectivity index (χ1v) is 6.90. The molecule has 0 bridgehead atoms. The predicted molar refractivity (Wildman–Crippen MR) is 76.4 cm³/mol. The summed E-state index contributed by atoms with van der Waals surface area (Å²) >= 11 is 0. The molecule has 1 N–H and O–H groups in total. The third kappa shape index (κ3) is 4.91. The van der Waals surface area contributed by atoms with Crippen molar-refractivity contribution in [3.05, 3.63) is 35.4 Å². The van der Waals surface area contributed by atoms with Gasteiger partial charge in [0, 0.05) is 0 Å². The number of rotatable bonds is 7. The van der Waals surface area contributed by atoms with Crippen LogP contribution in [0.5, 0.6) is 0 Å². The maximum Gasteiger partial charge on any atom is -0.00205 e. The molecular weight excluding hydrogens is 206 g/mol. The summed E-state index contributed by atoms with van der Waals surface area (Å²) in [7, 11) is 0. The van der Waals surface area contributed by atoms with Crippen LogP contribution in [-0.4, -0.2) is 13.1 Å². The van der Waals surface area contributed by atoms with Gasteiger partial charge < -0.3 is 5.32 Å². The van der Waals surface area contributed by atoms with E-state index in [-0.39, 0.29) is 0 Å². The van der Waals surface area contributed by atoms with E-state index in [2.05, 4.69) is 57.3 Å². The van der Waals surface area contributed by atoms with Crippen molar-refractivity contribution in [1.29, 1.82) is 0 Å². The van der Waals surface area contributed by atoms with Gasteiger partial charge in [-0.05, 0) is 55.8 Å². The topological polar surface area (TPSA) is 12.0 Å². The predicted octanol–water partition coefficient (Wildman–Crippen LogP) is 3.81.